The highest BCUT2D eigenvalue weighted by atomic mass is 16.5. The maximum Gasteiger partial charge on any atom is 0.123 e. The molecule has 0 unspecified atom stereocenters. The van der Waals surface area contributed by atoms with Gasteiger partial charge in [-0.1, -0.05) is 12.5 Å². The Balaban J connectivity index is 1.93. The Labute approximate surface area is 96.5 Å². The van der Waals surface area contributed by atoms with Crippen molar-refractivity contribution in [1.29, 1.82) is 0 Å². The first-order valence-electron chi connectivity index (χ1n) is 5.75. The molecule has 1 saturated carbocycles. The van der Waals surface area contributed by atoms with Crippen molar-refractivity contribution in [2.45, 2.75) is 19.3 Å². The molecule has 0 amide bonds. The largest absolute Gasteiger partial charge is 0.497 e. The third kappa shape index (κ3) is 2.30. The summed E-state index contributed by atoms with van der Waals surface area (Å²) in [5.74, 6) is 1.69. The number of methoxy groups -OCH3 is 1. The van der Waals surface area contributed by atoms with Crippen LogP contribution >= 0.6 is 0 Å². The van der Waals surface area contributed by atoms with Crippen molar-refractivity contribution < 1.29 is 9.47 Å². The summed E-state index contributed by atoms with van der Waals surface area (Å²) in [6.07, 6.45) is 3.65. The van der Waals surface area contributed by atoms with Gasteiger partial charge in [-0.3, -0.25) is 0 Å². The maximum absolute atomic E-state index is 5.79. The summed E-state index contributed by atoms with van der Waals surface area (Å²) >= 11 is 0. The minimum atomic E-state index is 0.225. The lowest BCUT2D eigenvalue weighted by Gasteiger charge is -2.40. The molecule has 0 aromatic heterocycles. The topological polar surface area (TPSA) is 44.5 Å². The molecule has 2 rings (SSSR count). The first-order chi connectivity index (χ1) is 7.78. The standard InChI is InChI=1S/C13H19NO2/c1-15-11-4-2-5-12(8-11)16-10-13(9-14)6-3-7-13/h2,4-5,8H,3,6-7,9-10,14H2,1H3. The lowest BCUT2D eigenvalue weighted by molar-refractivity contribution is 0.0666. The molecule has 88 valence electrons. The molecular formula is C13H19NO2. The van der Waals surface area contributed by atoms with E-state index in [1.54, 1.807) is 7.11 Å². The molecule has 1 fully saturated rings. The Bertz CT molecular complexity index is 342. The molecular weight excluding hydrogens is 202 g/mol. The number of hydrogen-bond donors (Lipinski definition) is 1. The third-order valence-electron chi connectivity index (χ3n) is 3.43. The zero-order valence-electron chi connectivity index (χ0n) is 9.74. The smallest absolute Gasteiger partial charge is 0.123 e. The molecule has 1 aliphatic carbocycles. The van der Waals surface area contributed by atoms with Gasteiger partial charge < -0.3 is 15.2 Å². The van der Waals surface area contributed by atoms with Crippen LogP contribution in [0.25, 0.3) is 0 Å². The van der Waals surface area contributed by atoms with E-state index in [1.807, 2.05) is 24.3 Å². The predicted octanol–water partition coefficient (Wildman–Crippen LogP) is 2.20. The van der Waals surface area contributed by atoms with E-state index in [9.17, 15) is 0 Å². The van der Waals surface area contributed by atoms with Gasteiger partial charge in [-0.05, 0) is 25.0 Å². The lowest BCUT2D eigenvalue weighted by atomic mass is 9.69. The van der Waals surface area contributed by atoms with Crippen LogP contribution in [0.2, 0.25) is 0 Å². The number of ether oxygens (including phenoxy) is 2. The molecule has 0 saturated heterocycles. The van der Waals surface area contributed by atoms with Gasteiger partial charge in [0.1, 0.15) is 11.5 Å². The third-order valence-corrected chi connectivity index (χ3v) is 3.43. The van der Waals surface area contributed by atoms with Gasteiger partial charge in [0.2, 0.25) is 0 Å². The van der Waals surface area contributed by atoms with Crippen LogP contribution in [-0.4, -0.2) is 20.3 Å². The summed E-state index contributed by atoms with van der Waals surface area (Å²) in [5, 5.41) is 0. The molecule has 1 aromatic rings. The van der Waals surface area contributed by atoms with Crippen LogP contribution in [-0.2, 0) is 0 Å². The van der Waals surface area contributed by atoms with E-state index < -0.39 is 0 Å². The second-order valence-corrected chi connectivity index (χ2v) is 4.53. The fourth-order valence-electron chi connectivity index (χ4n) is 2.01. The second kappa shape index (κ2) is 4.74. The van der Waals surface area contributed by atoms with E-state index >= 15 is 0 Å². The molecule has 3 heteroatoms. The normalized spacial score (nSPS) is 17.6. The van der Waals surface area contributed by atoms with E-state index in [2.05, 4.69) is 0 Å². The monoisotopic (exact) mass is 221 g/mol. The van der Waals surface area contributed by atoms with E-state index in [-0.39, 0.29) is 5.41 Å². The van der Waals surface area contributed by atoms with E-state index in [0.29, 0.717) is 0 Å². The van der Waals surface area contributed by atoms with E-state index in [0.717, 1.165) is 24.7 Å². The van der Waals surface area contributed by atoms with Gasteiger partial charge in [-0.2, -0.15) is 0 Å². The van der Waals surface area contributed by atoms with Crippen molar-refractivity contribution in [1.82, 2.24) is 0 Å². The molecule has 2 N–H and O–H groups in total. The molecule has 3 nitrogen and oxygen atoms in total. The number of nitrogens with two attached hydrogens (primary N) is 1. The van der Waals surface area contributed by atoms with Gasteiger partial charge in [0.25, 0.3) is 0 Å². The van der Waals surface area contributed by atoms with E-state index in [4.69, 9.17) is 15.2 Å². The highest BCUT2D eigenvalue weighted by Gasteiger charge is 2.36. The summed E-state index contributed by atoms with van der Waals surface area (Å²) < 4.78 is 10.9. The Morgan fingerprint density at radius 1 is 1.31 bits per heavy atom. The highest BCUT2D eigenvalue weighted by Crippen LogP contribution is 2.40. The first-order valence-corrected chi connectivity index (χ1v) is 5.75. The first kappa shape index (κ1) is 11.3. The minimum absolute atomic E-state index is 0.225. The van der Waals surface area contributed by atoms with Crippen molar-refractivity contribution in [3.8, 4) is 11.5 Å². The van der Waals surface area contributed by atoms with Crippen molar-refractivity contribution in [3.05, 3.63) is 24.3 Å². The predicted molar refractivity (Wildman–Crippen MR) is 63.8 cm³/mol. The van der Waals surface area contributed by atoms with Gasteiger partial charge in [0.05, 0.1) is 13.7 Å². The maximum atomic E-state index is 5.79. The Kier molecular flexibility index (Phi) is 3.34. The van der Waals surface area contributed by atoms with Gasteiger partial charge >= 0.3 is 0 Å². The van der Waals surface area contributed by atoms with Gasteiger partial charge in [-0.25, -0.2) is 0 Å². The van der Waals surface area contributed by atoms with Crippen LogP contribution in [0.5, 0.6) is 11.5 Å². The van der Waals surface area contributed by atoms with Crippen LogP contribution < -0.4 is 15.2 Å². The molecule has 1 aliphatic rings. The molecule has 0 spiro atoms. The zero-order chi connectivity index (χ0) is 11.4. The van der Waals surface area contributed by atoms with Crippen LogP contribution in [0.1, 0.15) is 19.3 Å². The Morgan fingerprint density at radius 2 is 2.06 bits per heavy atom. The van der Waals surface area contributed by atoms with Gasteiger partial charge in [0.15, 0.2) is 0 Å². The molecule has 16 heavy (non-hydrogen) atoms. The average molecular weight is 221 g/mol. The summed E-state index contributed by atoms with van der Waals surface area (Å²) in [4.78, 5) is 0. The molecule has 0 bridgehead atoms. The SMILES string of the molecule is COc1cccc(OCC2(CN)CCC2)c1. The van der Waals surface area contributed by atoms with Crippen LogP contribution in [0.3, 0.4) is 0 Å². The summed E-state index contributed by atoms with van der Waals surface area (Å²) in [6, 6.07) is 7.70. The lowest BCUT2D eigenvalue weighted by Crippen LogP contribution is -2.42. The minimum Gasteiger partial charge on any atom is -0.497 e. The van der Waals surface area contributed by atoms with Crippen molar-refractivity contribution in [2.24, 2.45) is 11.1 Å². The Hall–Kier alpha value is -1.22. The second-order valence-electron chi connectivity index (χ2n) is 4.53. The highest BCUT2D eigenvalue weighted by molar-refractivity contribution is 5.32. The number of hydrogen-bond acceptors (Lipinski definition) is 3. The fraction of sp³-hybridized carbons (Fsp3) is 0.538. The van der Waals surface area contributed by atoms with Gasteiger partial charge in [-0.15, -0.1) is 0 Å². The molecule has 0 atom stereocenters. The summed E-state index contributed by atoms with van der Waals surface area (Å²) in [7, 11) is 1.66. The van der Waals surface area contributed by atoms with Gasteiger partial charge in [0, 0.05) is 18.0 Å². The fourth-order valence-corrected chi connectivity index (χ4v) is 2.01. The molecule has 1 aromatic carbocycles. The quantitative estimate of drug-likeness (QED) is 0.829. The van der Waals surface area contributed by atoms with Crippen molar-refractivity contribution >= 4 is 0 Å². The van der Waals surface area contributed by atoms with Crippen LogP contribution in [0.4, 0.5) is 0 Å². The Morgan fingerprint density at radius 3 is 2.62 bits per heavy atom. The zero-order valence-corrected chi connectivity index (χ0v) is 9.74. The summed E-state index contributed by atoms with van der Waals surface area (Å²) in [6.45, 7) is 1.44. The van der Waals surface area contributed by atoms with E-state index in [1.165, 1.54) is 19.3 Å². The van der Waals surface area contributed by atoms with Crippen molar-refractivity contribution in [2.75, 3.05) is 20.3 Å². The average Bonchev–Trinajstić information content (AvgIpc) is 2.29. The summed E-state index contributed by atoms with van der Waals surface area (Å²) in [5.41, 5.74) is 6.01. The van der Waals surface area contributed by atoms with Crippen molar-refractivity contribution in [3.63, 3.8) is 0 Å². The number of rotatable bonds is 5. The number of benzene rings is 1. The van der Waals surface area contributed by atoms with Crippen LogP contribution in [0, 0.1) is 5.41 Å². The molecule has 0 heterocycles. The molecule has 0 aliphatic heterocycles. The molecule has 0 radical (unpaired) electrons. The van der Waals surface area contributed by atoms with Crippen LogP contribution in [0.15, 0.2) is 24.3 Å².